The summed E-state index contributed by atoms with van der Waals surface area (Å²) in [7, 11) is 5.28. The van der Waals surface area contributed by atoms with Crippen molar-refractivity contribution < 1.29 is 9.47 Å². The summed E-state index contributed by atoms with van der Waals surface area (Å²) in [5, 5.41) is 3.34. The summed E-state index contributed by atoms with van der Waals surface area (Å²) in [5.74, 6) is 1.66. The summed E-state index contributed by atoms with van der Waals surface area (Å²) in [5.41, 5.74) is 2.20. The van der Waals surface area contributed by atoms with E-state index < -0.39 is 0 Å². The largest absolute Gasteiger partial charge is 0.497 e. The van der Waals surface area contributed by atoms with Gasteiger partial charge >= 0.3 is 0 Å². The van der Waals surface area contributed by atoms with Gasteiger partial charge in [0.2, 0.25) is 0 Å². The van der Waals surface area contributed by atoms with E-state index in [0.717, 1.165) is 31.6 Å². The van der Waals surface area contributed by atoms with Gasteiger partial charge in [0.05, 0.1) is 20.3 Å². The predicted molar refractivity (Wildman–Crippen MR) is 92.3 cm³/mol. The zero-order valence-corrected chi connectivity index (χ0v) is 15.3. The lowest BCUT2D eigenvalue weighted by Gasteiger charge is -2.21. The number of hydrogen-bond donors (Lipinski definition) is 1. The molecule has 0 spiro atoms. The van der Waals surface area contributed by atoms with Gasteiger partial charge in [0.25, 0.3) is 0 Å². The number of ether oxygens (including phenoxy) is 2. The number of nitrogens with one attached hydrogen (secondary N) is 1. The fourth-order valence-electron chi connectivity index (χ4n) is 2.27. The van der Waals surface area contributed by atoms with E-state index in [1.54, 1.807) is 14.2 Å². The minimum absolute atomic E-state index is 0.0216. The standard InChI is InChI=1S/C16H17Br2NO2/c1-19-16(12-7-5-11(20-2)9-14(12)18)13-6-4-10(17)8-15(13)21-3/h4-9,16,19H,1-3H3. The highest BCUT2D eigenvalue weighted by Gasteiger charge is 2.19. The smallest absolute Gasteiger partial charge is 0.125 e. The van der Waals surface area contributed by atoms with E-state index in [1.165, 1.54) is 0 Å². The molecule has 0 aliphatic heterocycles. The Morgan fingerprint density at radius 2 is 1.67 bits per heavy atom. The lowest BCUT2D eigenvalue weighted by atomic mass is 9.98. The Morgan fingerprint density at radius 1 is 0.952 bits per heavy atom. The first kappa shape index (κ1) is 16.3. The van der Waals surface area contributed by atoms with Crippen molar-refractivity contribution in [2.24, 2.45) is 0 Å². The zero-order chi connectivity index (χ0) is 15.4. The molecule has 0 heterocycles. The molecule has 0 saturated heterocycles. The Morgan fingerprint density at radius 3 is 2.24 bits per heavy atom. The molecule has 5 heteroatoms. The maximum absolute atomic E-state index is 5.51. The van der Waals surface area contributed by atoms with Gasteiger partial charge in [-0.2, -0.15) is 0 Å². The Bertz CT molecular complexity index is 632. The molecule has 0 aliphatic rings. The van der Waals surface area contributed by atoms with E-state index in [4.69, 9.17) is 9.47 Å². The number of methoxy groups -OCH3 is 2. The first-order valence-corrected chi connectivity index (χ1v) is 8.03. The van der Waals surface area contributed by atoms with Crippen LogP contribution in [0.4, 0.5) is 0 Å². The third-order valence-electron chi connectivity index (χ3n) is 3.31. The lowest BCUT2D eigenvalue weighted by molar-refractivity contribution is 0.404. The average molecular weight is 415 g/mol. The van der Waals surface area contributed by atoms with Crippen LogP contribution in [0, 0.1) is 0 Å². The molecular weight excluding hydrogens is 398 g/mol. The Kier molecular flexibility index (Phi) is 5.67. The second-order valence-corrected chi connectivity index (χ2v) is 6.27. The molecule has 0 aliphatic carbocycles. The van der Waals surface area contributed by atoms with Gasteiger partial charge < -0.3 is 14.8 Å². The first-order chi connectivity index (χ1) is 10.1. The van der Waals surface area contributed by atoms with Gasteiger partial charge in [-0.3, -0.25) is 0 Å². The van der Waals surface area contributed by atoms with E-state index in [2.05, 4.69) is 43.2 Å². The molecule has 3 nitrogen and oxygen atoms in total. The van der Waals surface area contributed by atoms with Crippen LogP contribution in [0.2, 0.25) is 0 Å². The highest BCUT2D eigenvalue weighted by atomic mass is 79.9. The second-order valence-electron chi connectivity index (χ2n) is 4.50. The highest BCUT2D eigenvalue weighted by Crippen LogP contribution is 2.36. The van der Waals surface area contributed by atoms with E-state index in [1.807, 2.05) is 37.4 Å². The third kappa shape index (κ3) is 3.59. The lowest BCUT2D eigenvalue weighted by Crippen LogP contribution is -2.19. The second kappa shape index (κ2) is 7.29. The Labute approximate surface area is 141 Å². The predicted octanol–water partition coefficient (Wildman–Crippen LogP) is 4.54. The first-order valence-electron chi connectivity index (χ1n) is 6.44. The fourth-order valence-corrected chi connectivity index (χ4v) is 3.20. The van der Waals surface area contributed by atoms with Crippen LogP contribution in [0.5, 0.6) is 11.5 Å². The van der Waals surface area contributed by atoms with Crippen LogP contribution in [0.3, 0.4) is 0 Å². The van der Waals surface area contributed by atoms with Gasteiger partial charge in [-0.1, -0.05) is 44.0 Å². The molecule has 21 heavy (non-hydrogen) atoms. The number of rotatable bonds is 5. The molecular formula is C16H17Br2NO2. The van der Waals surface area contributed by atoms with E-state index >= 15 is 0 Å². The highest BCUT2D eigenvalue weighted by molar-refractivity contribution is 9.10. The van der Waals surface area contributed by atoms with Gasteiger partial charge in [-0.05, 0) is 36.9 Å². The molecule has 1 N–H and O–H groups in total. The summed E-state index contributed by atoms with van der Waals surface area (Å²) >= 11 is 7.09. The Balaban J connectivity index is 2.49. The molecule has 0 amide bonds. The van der Waals surface area contributed by atoms with E-state index in [9.17, 15) is 0 Å². The van der Waals surface area contributed by atoms with Crippen molar-refractivity contribution in [3.05, 3.63) is 56.5 Å². The third-order valence-corrected chi connectivity index (χ3v) is 4.49. The number of halogens is 2. The average Bonchev–Trinajstić information content (AvgIpc) is 2.50. The molecule has 2 aromatic rings. The molecule has 2 rings (SSSR count). The summed E-state index contributed by atoms with van der Waals surface area (Å²) in [6, 6.07) is 12.0. The molecule has 112 valence electrons. The maximum Gasteiger partial charge on any atom is 0.125 e. The molecule has 0 bridgehead atoms. The van der Waals surface area contributed by atoms with E-state index in [0.29, 0.717) is 0 Å². The minimum atomic E-state index is 0.0216. The maximum atomic E-state index is 5.51. The van der Waals surface area contributed by atoms with Gasteiger partial charge in [-0.15, -0.1) is 0 Å². The van der Waals surface area contributed by atoms with Crippen molar-refractivity contribution in [3.63, 3.8) is 0 Å². The van der Waals surface area contributed by atoms with Crippen molar-refractivity contribution >= 4 is 31.9 Å². The summed E-state index contributed by atoms with van der Waals surface area (Å²) in [4.78, 5) is 0. The van der Waals surface area contributed by atoms with Crippen molar-refractivity contribution in [2.75, 3.05) is 21.3 Å². The fraction of sp³-hybridized carbons (Fsp3) is 0.250. The van der Waals surface area contributed by atoms with Crippen molar-refractivity contribution in [1.82, 2.24) is 5.32 Å². The molecule has 0 aromatic heterocycles. The van der Waals surface area contributed by atoms with Crippen LogP contribution in [0.25, 0.3) is 0 Å². The molecule has 0 saturated carbocycles. The number of benzene rings is 2. The summed E-state index contributed by atoms with van der Waals surface area (Å²) in [6.07, 6.45) is 0. The van der Waals surface area contributed by atoms with Crippen LogP contribution in [0.15, 0.2) is 45.3 Å². The van der Waals surface area contributed by atoms with Crippen LogP contribution < -0.4 is 14.8 Å². The van der Waals surface area contributed by atoms with Crippen molar-refractivity contribution in [3.8, 4) is 11.5 Å². The molecule has 1 unspecified atom stereocenters. The molecule has 2 aromatic carbocycles. The van der Waals surface area contributed by atoms with Gasteiger partial charge in [0, 0.05) is 14.5 Å². The van der Waals surface area contributed by atoms with Crippen molar-refractivity contribution in [2.45, 2.75) is 6.04 Å². The normalized spacial score (nSPS) is 12.0. The van der Waals surface area contributed by atoms with Gasteiger partial charge in [0.1, 0.15) is 11.5 Å². The minimum Gasteiger partial charge on any atom is -0.497 e. The quantitative estimate of drug-likeness (QED) is 0.779. The van der Waals surface area contributed by atoms with Crippen LogP contribution in [-0.2, 0) is 0 Å². The Hall–Kier alpha value is -1.04. The molecule has 0 fully saturated rings. The zero-order valence-electron chi connectivity index (χ0n) is 12.1. The van der Waals surface area contributed by atoms with Crippen LogP contribution in [-0.4, -0.2) is 21.3 Å². The van der Waals surface area contributed by atoms with E-state index in [-0.39, 0.29) is 6.04 Å². The monoisotopic (exact) mass is 413 g/mol. The molecule has 1 atom stereocenters. The van der Waals surface area contributed by atoms with Crippen molar-refractivity contribution in [1.29, 1.82) is 0 Å². The summed E-state index contributed by atoms with van der Waals surface area (Å²) < 4.78 is 12.7. The van der Waals surface area contributed by atoms with Crippen LogP contribution in [0.1, 0.15) is 17.2 Å². The van der Waals surface area contributed by atoms with Gasteiger partial charge in [-0.25, -0.2) is 0 Å². The topological polar surface area (TPSA) is 30.5 Å². The SMILES string of the molecule is CNC(c1ccc(OC)cc1Br)c1ccc(Br)cc1OC. The summed E-state index contributed by atoms with van der Waals surface area (Å²) in [6.45, 7) is 0. The number of hydrogen-bond acceptors (Lipinski definition) is 3. The molecule has 0 radical (unpaired) electrons. The van der Waals surface area contributed by atoms with Gasteiger partial charge in [0.15, 0.2) is 0 Å². The van der Waals surface area contributed by atoms with Crippen LogP contribution >= 0.6 is 31.9 Å².